The second-order valence-electron chi connectivity index (χ2n) is 7.27. The fraction of sp³-hybridized carbons (Fsp3) is 0.261. The summed E-state index contributed by atoms with van der Waals surface area (Å²) in [4.78, 5) is 32.8. The number of amides is 1. The Morgan fingerprint density at radius 2 is 1.87 bits per heavy atom. The molecule has 0 spiro atoms. The highest BCUT2D eigenvalue weighted by Gasteiger charge is 2.31. The largest absolute Gasteiger partial charge is 0.493 e. The van der Waals surface area contributed by atoms with Crippen molar-refractivity contribution < 1.29 is 14.3 Å². The predicted molar refractivity (Wildman–Crippen MR) is 120 cm³/mol. The van der Waals surface area contributed by atoms with Gasteiger partial charge in [-0.05, 0) is 35.7 Å². The molecule has 1 aromatic heterocycles. The highest BCUT2D eigenvalue weighted by molar-refractivity contribution is 7.98. The number of thioether (sulfide) groups is 1. The Kier molecular flexibility index (Phi) is 5.99. The Hall–Kier alpha value is -3.26. The van der Waals surface area contributed by atoms with E-state index in [4.69, 9.17) is 9.47 Å². The van der Waals surface area contributed by atoms with Crippen LogP contribution in [0.15, 0.2) is 52.4 Å². The predicted octanol–water partition coefficient (Wildman–Crippen LogP) is 3.86. The fourth-order valence-corrected chi connectivity index (χ4v) is 4.63. The lowest BCUT2D eigenvalue weighted by molar-refractivity contribution is -0.116. The van der Waals surface area contributed by atoms with Crippen LogP contribution in [0, 0.1) is 6.92 Å². The summed E-state index contributed by atoms with van der Waals surface area (Å²) in [5.74, 6) is 1.51. The lowest BCUT2D eigenvalue weighted by Crippen LogP contribution is -2.31. The van der Waals surface area contributed by atoms with Gasteiger partial charge in [-0.25, -0.2) is 4.98 Å². The maximum Gasteiger partial charge on any atom is 0.257 e. The number of benzene rings is 2. The van der Waals surface area contributed by atoms with E-state index >= 15 is 0 Å². The SMILES string of the molecule is COc1ccc([C@H]2CC(=O)Nc3nc(SCc4ccccc4C)[nH]c(=O)c32)cc1OC. The Morgan fingerprint density at radius 3 is 2.61 bits per heavy atom. The number of fused-ring (bicyclic) bond motifs is 1. The number of hydrogen-bond acceptors (Lipinski definition) is 6. The van der Waals surface area contributed by atoms with Gasteiger partial charge >= 0.3 is 0 Å². The smallest absolute Gasteiger partial charge is 0.257 e. The molecule has 3 aromatic rings. The molecule has 2 heterocycles. The molecule has 4 rings (SSSR count). The lowest BCUT2D eigenvalue weighted by atomic mass is 9.86. The molecule has 2 aromatic carbocycles. The van der Waals surface area contributed by atoms with Gasteiger partial charge in [0.25, 0.3) is 5.56 Å². The molecule has 1 aliphatic heterocycles. The first-order valence-electron chi connectivity index (χ1n) is 9.83. The Labute approximate surface area is 184 Å². The summed E-state index contributed by atoms with van der Waals surface area (Å²) in [5.41, 5.74) is 3.34. The first-order chi connectivity index (χ1) is 15.0. The van der Waals surface area contributed by atoms with Crippen molar-refractivity contribution in [2.24, 2.45) is 0 Å². The maximum atomic E-state index is 13.0. The van der Waals surface area contributed by atoms with Gasteiger partial charge in [-0.2, -0.15) is 0 Å². The van der Waals surface area contributed by atoms with Crippen LogP contribution in [0.5, 0.6) is 11.5 Å². The number of carbonyl (C=O) groups excluding carboxylic acids is 1. The fourth-order valence-electron chi connectivity index (χ4n) is 3.69. The van der Waals surface area contributed by atoms with Crippen LogP contribution in [-0.2, 0) is 10.5 Å². The molecule has 1 amide bonds. The monoisotopic (exact) mass is 437 g/mol. The minimum Gasteiger partial charge on any atom is -0.493 e. The number of ether oxygens (including phenoxy) is 2. The Morgan fingerprint density at radius 1 is 1.10 bits per heavy atom. The van der Waals surface area contributed by atoms with Gasteiger partial charge in [0.15, 0.2) is 16.7 Å². The number of H-pyrrole nitrogens is 1. The molecule has 1 aliphatic rings. The van der Waals surface area contributed by atoms with Gasteiger partial charge in [-0.1, -0.05) is 42.1 Å². The van der Waals surface area contributed by atoms with E-state index in [-0.39, 0.29) is 17.9 Å². The van der Waals surface area contributed by atoms with E-state index in [9.17, 15) is 9.59 Å². The second kappa shape index (κ2) is 8.85. The molecule has 0 radical (unpaired) electrons. The molecule has 0 aliphatic carbocycles. The average Bonchev–Trinajstić information content (AvgIpc) is 2.77. The number of aromatic amines is 1. The summed E-state index contributed by atoms with van der Waals surface area (Å²) >= 11 is 1.43. The number of hydrogen-bond donors (Lipinski definition) is 2. The van der Waals surface area contributed by atoms with Crippen molar-refractivity contribution in [2.45, 2.75) is 30.2 Å². The molecule has 0 unspecified atom stereocenters. The van der Waals surface area contributed by atoms with Crippen molar-refractivity contribution in [1.82, 2.24) is 9.97 Å². The third-order valence-corrected chi connectivity index (χ3v) is 6.29. The number of carbonyl (C=O) groups is 1. The molecule has 8 heteroatoms. The minimum atomic E-state index is -0.421. The van der Waals surface area contributed by atoms with Crippen LogP contribution in [0.3, 0.4) is 0 Å². The standard InChI is InChI=1S/C23H23N3O4S/c1-13-6-4-5-7-15(13)12-31-23-25-21-20(22(28)26-23)16(11-19(27)24-21)14-8-9-17(29-2)18(10-14)30-3/h4-10,16H,11-12H2,1-3H3,(H2,24,25,26,27,28)/t16-/m1/s1. The Balaban J connectivity index is 1.67. The third kappa shape index (κ3) is 4.29. The van der Waals surface area contributed by atoms with E-state index in [2.05, 4.69) is 15.3 Å². The number of aromatic nitrogens is 2. The zero-order valence-corrected chi connectivity index (χ0v) is 18.3. The highest BCUT2D eigenvalue weighted by atomic mass is 32.2. The van der Waals surface area contributed by atoms with Gasteiger partial charge in [0.1, 0.15) is 5.82 Å². The average molecular weight is 438 g/mol. The topological polar surface area (TPSA) is 93.3 Å². The molecule has 0 saturated heterocycles. The zero-order chi connectivity index (χ0) is 22.0. The van der Waals surface area contributed by atoms with Crippen LogP contribution < -0.4 is 20.3 Å². The quantitative estimate of drug-likeness (QED) is 0.449. The molecular weight excluding hydrogens is 414 g/mol. The second-order valence-corrected chi connectivity index (χ2v) is 8.23. The van der Waals surface area contributed by atoms with Crippen molar-refractivity contribution in [2.75, 3.05) is 19.5 Å². The Bertz CT molecular complexity index is 1190. The number of nitrogens with one attached hydrogen (secondary N) is 2. The number of rotatable bonds is 6. The maximum absolute atomic E-state index is 13.0. The van der Waals surface area contributed by atoms with E-state index in [1.54, 1.807) is 26.4 Å². The molecule has 0 fully saturated rings. The number of methoxy groups -OCH3 is 2. The zero-order valence-electron chi connectivity index (χ0n) is 17.5. The van der Waals surface area contributed by atoms with Crippen LogP contribution >= 0.6 is 11.8 Å². The van der Waals surface area contributed by atoms with Gasteiger partial charge in [0.05, 0.1) is 19.8 Å². The summed E-state index contributed by atoms with van der Waals surface area (Å²) in [6.07, 6.45) is 0.156. The van der Waals surface area contributed by atoms with Gasteiger partial charge in [0, 0.05) is 18.1 Å². The van der Waals surface area contributed by atoms with Gasteiger partial charge in [0.2, 0.25) is 5.91 Å². The van der Waals surface area contributed by atoms with Crippen molar-refractivity contribution in [3.8, 4) is 11.5 Å². The normalized spacial score (nSPS) is 15.2. The summed E-state index contributed by atoms with van der Waals surface area (Å²) < 4.78 is 10.7. The number of aryl methyl sites for hydroxylation is 1. The third-order valence-electron chi connectivity index (χ3n) is 5.36. The first-order valence-corrected chi connectivity index (χ1v) is 10.8. The van der Waals surface area contributed by atoms with Crippen LogP contribution in [0.1, 0.15) is 34.6 Å². The van der Waals surface area contributed by atoms with Crippen LogP contribution in [0.25, 0.3) is 0 Å². The molecule has 0 bridgehead atoms. The summed E-state index contributed by atoms with van der Waals surface area (Å²) in [5, 5.41) is 3.23. The molecule has 160 valence electrons. The van der Waals surface area contributed by atoms with E-state index < -0.39 is 5.92 Å². The van der Waals surface area contributed by atoms with E-state index in [1.165, 1.54) is 22.9 Å². The van der Waals surface area contributed by atoms with Crippen molar-refractivity contribution >= 4 is 23.5 Å². The molecular formula is C23H23N3O4S. The summed E-state index contributed by atoms with van der Waals surface area (Å²) in [6, 6.07) is 13.5. The highest BCUT2D eigenvalue weighted by Crippen LogP contribution is 2.38. The van der Waals surface area contributed by atoms with Crippen LogP contribution in [0.4, 0.5) is 5.82 Å². The molecule has 31 heavy (non-hydrogen) atoms. The van der Waals surface area contributed by atoms with Crippen molar-refractivity contribution in [3.63, 3.8) is 0 Å². The molecule has 7 nitrogen and oxygen atoms in total. The van der Waals surface area contributed by atoms with Gasteiger partial charge in [-0.3, -0.25) is 9.59 Å². The first kappa shape index (κ1) is 21.0. The number of anilines is 1. The van der Waals surface area contributed by atoms with Crippen LogP contribution in [-0.4, -0.2) is 30.1 Å². The van der Waals surface area contributed by atoms with E-state index in [0.717, 1.165) is 5.56 Å². The molecule has 1 atom stereocenters. The van der Waals surface area contributed by atoms with Gasteiger partial charge < -0.3 is 19.8 Å². The lowest BCUT2D eigenvalue weighted by Gasteiger charge is -2.25. The summed E-state index contributed by atoms with van der Waals surface area (Å²) in [6.45, 7) is 2.05. The summed E-state index contributed by atoms with van der Waals surface area (Å²) in [7, 11) is 3.11. The van der Waals surface area contributed by atoms with E-state index in [1.807, 2.05) is 37.3 Å². The molecule has 2 N–H and O–H groups in total. The van der Waals surface area contributed by atoms with Gasteiger partial charge in [-0.15, -0.1) is 0 Å². The van der Waals surface area contributed by atoms with E-state index in [0.29, 0.717) is 33.8 Å². The van der Waals surface area contributed by atoms with Crippen LogP contribution in [0.2, 0.25) is 0 Å². The van der Waals surface area contributed by atoms with Crippen molar-refractivity contribution in [3.05, 3.63) is 75.1 Å². The molecule has 0 saturated carbocycles. The minimum absolute atomic E-state index is 0.156. The van der Waals surface area contributed by atoms with Crippen molar-refractivity contribution in [1.29, 1.82) is 0 Å². The number of nitrogens with zero attached hydrogens (tertiary/aromatic N) is 1.